The molecule has 1 saturated heterocycles. The van der Waals surface area contributed by atoms with Gasteiger partial charge in [-0.1, -0.05) is 24.3 Å². The van der Waals surface area contributed by atoms with Crippen LogP contribution in [0.15, 0.2) is 60.4 Å². The monoisotopic (exact) mass is 470 g/mol. The Hall–Kier alpha value is -3.97. The highest BCUT2D eigenvalue weighted by atomic mass is 16.7. The average molecular weight is 471 g/mol. The molecule has 7 nitrogen and oxygen atoms in total. The molecule has 7 heteroatoms. The zero-order valence-corrected chi connectivity index (χ0v) is 19.5. The minimum absolute atomic E-state index is 0.156. The predicted octanol–water partition coefficient (Wildman–Crippen LogP) is 4.37. The highest BCUT2D eigenvalue weighted by Crippen LogP contribution is 2.43. The zero-order valence-electron chi connectivity index (χ0n) is 19.5. The molecule has 3 heterocycles. The fourth-order valence-corrected chi connectivity index (χ4v) is 4.91. The van der Waals surface area contributed by atoms with E-state index in [-0.39, 0.29) is 24.1 Å². The number of ether oxygens (including phenoxy) is 3. The van der Waals surface area contributed by atoms with E-state index in [2.05, 4.69) is 34.1 Å². The molecule has 0 amide bonds. The van der Waals surface area contributed by atoms with E-state index < -0.39 is 0 Å². The Morgan fingerprint density at radius 2 is 1.74 bits per heavy atom. The first kappa shape index (κ1) is 21.6. The van der Waals surface area contributed by atoms with Crippen molar-refractivity contribution in [1.29, 1.82) is 0 Å². The van der Waals surface area contributed by atoms with E-state index in [4.69, 9.17) is 14.2 Å². The summed E-state index contributed by atoms with van der Waals surface area (Å²) in [7, 11) is 0. The normalized spacial score (nSPS) is 18.1. The largest absolute Gasteiger partial charge is 0.507 e. The number of anilines is 1. The van der Waals surface area contributed by atoms with Crippen LogP contribution in [0.4, 0.5) is 5.69 Å². The fraction of sp³-hybridized carbons (Fsp3) is 0.250. The van der Waals surface area contributed by atoms with E-state index >= 15 is 0 Å². The maximum Gasteiger partial charge on any atom is 0.232 e. The van der Waals surface area contributed by atoms with Crippen LogP contribution in [0.2, 0.25) is 0 Å². The summed E-state index contributed by atoms with van der Waals surface area (Å²) in [6.45, 7) is 6.03. The maximum atomic E-state index is 13.3. The number of ketones is 1. The number of carbonyl (C=O) groups excluding carboxylic acids is 1. The quantitative estimate of drug-likeness (QED) is 0.568. The number of phenols is 1. The van der Waals surface area contributed by atoms with Crippen LogP contribution in [0.1, 0.15) is 27.0 Å². The molecule has 6 rings (SSSR count). The number of nitrogens with zero attached hydrogens (tertiary/aromatic N) is 2. The molecule has 0 saturated carbocycles. The van der Waals surface area contributed by atoms with Crippen LogP contribution in [-0.4, -0.2) is 48.8 Å². The van der Waals surface area contributed by atoms with Crippen LogP contribution in [0.3, 0.4) is 0 Å². The van der Waals surface area contributed by atoms with Gasteiger partial charge in [0.1, 0.15) is 11.5 Å². The van der Waals surface area contributed by atoms with E-state index in [9.17, 15) is 9.90 Å². The summed E-state index contributed by atoms with van der Waals surface area (Å²) >= 11 is 0. The van der Waals surface area contributed by atoms with Gasteiger partial charge in [0.05, 0.1) is 11.1 Å². The van der Waals surface area contributed by atoms with Gasteiger partial charge in [0, 0.05) is 38.4 Å². The van der Waals surface area contributed by atoms with Crippen molar-refractivity contribution in [3.05, 3.63) is 82.6 Å². The minimum Gasteiger partial charge on any atom is -0.507 e. The number of fused-ring (bicyclic) bond motifs is 2. The summed E-state index contributed by atoms with van der Waals surface area (Å²) in [6, 6.07) is 17.6. The van der Waals surface area contributed by atoms with Crippen molar-refractivity contribution in [2.24, 2.45) is 0 Å². The van der Waals surface area contributed by atoms with E-state index in [1.54, 1.807) is 12.1 Å². The SMILES string of the molecule is Cc1cc(O)c(CN2CCN(c3ccccc3)CC2)c2c1C(=O)/C(=C/c1ccc3c(c1)OCO3)O2. The molecule has 0 atom stereocenters. The van der Waals surface area contributed by atoms with Crippen LogP contribution >= 0.6 is 0 Å². The summed E-state index contributed by atoms with van der Waals surface area (Å²) in [5, 5.41) is 10.8. The van der Waals surface area contributed by atoms with Gasteiger partial charge in [-0.05, 0) is 54.5 Å². The molecule has 1 fully saturated rings. The lowest BCUT2D eigenvalue weighted by molar-refractivity contribution is 0.101. The maximum absolute atomic E-state index is 13.3. The predicted molar refractivity (Wildman–Crippen MR) is 132 cm³/mol. The molecule has 3 aliphatic heterocycles. The number of para-hydroxylation sites is 1. The number of piperazine rings is 1. The number of aryl methyl sites for hydroxylation is 1. The van der Waals surface area contributed by atoms with Gasteiger partial charge in [0.25, 0.3) is 0 Å². The number of aromatic hydroxyl groups is 1. The summed E-state index contributed by atoms with van der Waals surface area (Å²) in [4.78, 5) is 17.9. The van der Waals surface area contributed by atoms with Gasteiger partial charge in [-0.2, -0.15) is 0 Å². The Morgan fingerprint density at radius 1 is 0.971 bits per heavy atom. The number of allylic oxidation sites excluding steroid dienone is 1. The number of benzene rings is 3. The molecule has 0 spiro atoms. The van der Waals surface area contributed by atoms with Crippen molar-refractivity contribution in [2.45, 2.75) is 13.5 Å². The first-order chi connectivity index (χ1) is 17.1. The van der Waals surface area contributed by atoms with Crippen LogP contribution in [0.25, 0.3) is 6.08 Å². The van der Waals surface area contributed by atoms with Gasteiger partial charge in [0.2, 0.25) is 12.6 Å². The summed E-state index contributed by atoms with van der Waals surface area (Å²) in [5.74, 6) is 2.01. The van der Waals surface area contributed by atoms with E-state index in [1.807, 2.05) is 31.2 Å². The van der Waals surface area contributed by atoms with E-state index in [0.717, 1.165) is 31.7 Å². The molecule has 1 N–H and O–H groups in total. The number of hydrogen-bond acceptors (Lipinski definition) is 7. The first-order valence-electron chi connectivity index (χ1n) is 11.8. The molecule has 3 aromatic carbocycles. The smallest absolute Gasteiger partial charge is 0.232 e. The lowest BCUT2D eigenvalue weighted by Crippen LogP contribution is -2.46. The second-order valence-electron chi connectivity index (χ2n) is 9.05. The number of carbonyl (C=O) groups is 1. The van der Waals surface area contributed by atoms with Gasteiger partial charge in [-0.15, -0.1) is 0 Å². The van der Waals surface area contributed by atoms with Gasteiger partial charge in [0.15, 0.2) is 17.3 Å². The Kier molecular flexibility index (Phi) is 5.34. The lowest BCUT2D eigenvalue weighted by Gasteiger charge is -2.36. The Morgan fingerprint density at radius 3 is 2.54 bits per heavy atom. The summed E-state index contributed by atoms with van der Waals surface area (Å²) in [6.07, 6.45) is 1.71. The second kappa shape index (κ2) is 8.67. The summed E-state index contributed by atoms with van der Waals surface area (Å²) in [5.41, 5.74) is 3.88. The van der Waals surface area contributed by atoms with Crippen LogP contribution in [0.5, 0.6) is 23.0 Å². The number of rotatable bonds is 4. The standard InChI is InChI=1S/C28H26N2O5/c1-18-13-22(31)21(16-29-9-11-30(12-10-29)20-5-3-2-4-6-20)28-26(18)27(32)25(35-28)15-19-7-8-23-24(14-19)34-17-33-23/h2-8,13-15,31H,9-12,16-17H2,1H3/b25-15-. The molecule has 0 bridgehead atoms. The van der Waals surface area contributed by atoms with Crippen molar-refractivity contribution in [1.82, 2.24) is 4.90 Å². The molecular weight excluding hydrogens is 444 g/mol. The number of hydrogen-bond donors (Lipinski definition) is 1. The molecule has 0 radical (unpaired) electrons. The second-order valence-corrected chi connectivity index (χ2v) is 9.05. The van der Waals surface area contributed by atoms with E-state index in [1.165, 1.54) is 5.69 Å². The van der Waals surface area contributed by atoms with Crippen molar-refractivity contribution >= 4 is 17.5 Å². The molecule has 0 aromatic heterocycles. The Labute approximate surface area is 203 Å². The molecule has 0 aliphatic carbocycles. The third-order valence-electron chi connectivity index (χ3n) is 6.79. The zero-order chi connectivity index (χ0) is 23.9. The van der Waals surface area contributed by atoms with Crippen LogP contribution in [0, 0.1) is 6.92 Å². The first-order valence-corrected chi connectivity index (χ1v) is 11.8. The number of phenolic OH excluding ortho intramolecular Hbond substituents is 1. The number of Topliss-reactive ketones (excluding diaryl/α,β-unsaturated/α-hetero) is 1. The Bertz CT molecular complexity index is 1330. The average Bonchev–Trinajstić information content (AvgIpc) is 3.47. The molecule has 0 unspecified atom stereocenters. The van der Waals surface area contributed by atoms with Crippen LogP contribution < -0.4 is 19.1 Å². The van der Waals surface area contributed by atoms with Gasteiger partial charge < -0.3 is 24.2 Å². The lowest BCUT2D eigenvalue weighted by atomic mass is 9.99. The highest BCUT2D eigenvalue weighted by molar-refractivity contribution is 6.15. The van der Waals surface area contributed by atoms with Gasteiger partial charge in [-0.3, -0.25) is 9.69 Å². The third-order valence-corrected chi connectivity index (χ3v) is 6.79. The summed E-state index contributed by atoms with van der Waals surface area (Å²) < 4.78 is 16.9. The molecule has 3 aromatic rings. The molecule has 178 valence electrons. The topological polar surface area (TPSA) is 71.5 Å². The highest BCUT2D eigenvalue weighted by Gasteiger charge is 2.34. The Balaban J connectivity index is 1.23. The van der Waals surface area contributed by atoms with Gasteiger partial charge >= 0.3 is 0 Å². The van der Waals surface area contributed by atoms with Crippen LogP contribution in [-0.2, 0) is 6.54 Å². The van der Waals surface area contributed by atoms with Gasteiger partial charge in [-0.25, -0.2) is 0 Å². The van der Waals surface area contributed by atoms with Crippen molar-refractivity contribution in [3.8, 4) is 23.0 Å². The molecule has 35 heavy (non-hydrogen) atoms. The fourth-order valence-electron chi connectivity index (χ4n) is 4.91. The third kappa shape index (κ3) is 3.98. The van der Waals surface area contributed by atoms with Crippen molar-refractivity contribution in [3.63, 3.8) is 0 Å². The van der Waals surface area contributed by atoms with Crippen molar-refractivity contribution < 1.29 is 24.1 Å². The molecule has 3 aliphatic rings. The van der Waals surface area contributed by atoms with E-state index in [0.29, 0.717) is 40.5 Å². The van der Waals surface area contributed by atoms with Crippen molar-refractivity contribution in [2.75, 3.05) is 37.9 Å². The minimum atomic E-state index is -0.176. The molecular formula is C28H26N2O5.